The standard InChI is InChI=1S/C11H14N2O2/c1-15-11(14)7-8-13(12)9-10-5-3-2-4-6-10/h2-8H,9,12H2,1H3/b8-7+. The van der Waals surface area contributed by atoms with Gasteiger partial charge < -0.3 is 9.75 Å². The molecule has 1 aromatic rings. The summed E-state index contributed by atoms with van der Waals surface area (Å²) in [4.78, 5) is 10.8. The van der Waals surface area contributed by atoms with Gasteiger partial charge in [-0.1, -0.05) is 30.3 Å². The molecule has 0 aromatic heterocycles. The molecule has 0 unspecified atom stereocenters. The minimum absolute atomic E-state index is 0.418. The molecule has 4 nitrogen and oxygen atoms in total. The molecule has 0 amide bonds. The summed E-state index contributed by atoms with van der Waals surface area (Å²) in [6.45, 7) is 0.550. The zero-order chi connectivity index (χ0) is 11.1. The van der Waals surface area contributed by atoms with Crippen LogP contribution in [0.3, 0.4) is 0 Å². The van der Waals surface area contributed by atoms with Crippen molar-refractivity contribution >= 4 is 5.97 Å². The van der Waals surface area contributed by atoms with Gasteiger partial charge in [0.05, 0.1) is 13.7 Å². The summed E-state index contributed by atoms with van der Waals surface area (Å²) in [6, 6.07) is 9.74. The lowest BCUT2D eigenvalue weighted by molar-refractivity contribution is -0.134. The van der Waals surface area contributed by atoms with E-state index < -0.39 is 5.97 Å². The zero-order valence-electron chi connectivity index (χ0n) is 8.59. The van der Waals surface area contributed by atoms with Crippen molar-refractivity contribution in [1.82, 2.24) is 5.01 Å². The highest BCUT2D eigenvalue weighted by molar-refractivity contribution is 5.81. The van der Waals surface area contributed by atoms with Crippen molar-refractivity contribution in [3.63, 3.8) is 0 Å². The molecule has 0 spiro atoms. The Hall–Kier alpha value is -1.81. The quantitative estimate of drug-likeness (QED) is 0.346. The first kappa shape index (κ1) is 11.3. The summed E-state index contributed by atoms with van der Waals surface area (Å²) in [5, 5.41) is 1.42. The van der Waals surface area contributed by atoms with Crippen molar-refractivity contribution in [3.8, 4) is 0 Å². The lowest BCUT2D eigenvalue weighted by Crippen LogP contribution is -2.24. The van der Waals surface area contributed by atoms with Gasteiger partial charge in [-0.15, -0.1) is 0 Å². The summed E-state index contributed by atoms with van der Waals surface area (Å²) >= 11 is 0. The molecule has 0 bridgehead atoms. The van der Waals surface area contributed by atoms with Crippen LogP contribution >= 0.6 is 0 Å². The number of carbonyl (C=O) groups is 1. The van der Waals surface area contributed by atoms with Gasteiger partial charge in [0.15, 0.2) is 0 Å². The van der Waals surface area contributed by atoms with E-state index in [0.29, 0.717) is 6.54 Å². The molecule has 0 saturated heterocycles. The Bertz CT molecular complexity index is 336. The molecule has 0 radical (unpaired) electrons. The Morgan fingerprint density at radius 1 is 1.47 bits per heavy atom. The van der Waals surface area contributed by atoms with Gasteiger partial charge in [-0.3, -0.25) is 0 Å². The first-order valence-electron chi connectivity index (χ1n) is 4.54. The maximum absolute atomic E-state index is 10.8. The highest BCUT2D eigenvalue weighted by Crippen LogP contribution is 2.01. The van der Waals surface area contributed by atoms with Crippen molar-refractivity contribution in [3.05, 3.63) is 48.2 Å². The highest BCUT2D eigenvalue weighted by atomic mass is 16.5. The van der Waals surface area contributed by atoms with Crippen LogP contribution in [0.25, 0.3) is 0 Å². The molecule has 15 heavy (non-hydrogen) atoms. The zero-order valence-corrected chi connectivity index (χ0v) is 8.59. The van der Waals surface area contributed by atoms with Gasteiger partial charge in [0.25, 0.3) is 0 Å². The van der Waals surface area contributed by atoms with Gasteiger partial charge in [0.1, 0.15) is 0 Å². The maximum atomic E-state index is 10.8. The van der Waals surface area contributed by atoms with Gasteiger partial charge in [-0.05, 0) is 5.56 Å². The number of methoxy groups -OCH3 is 1. The topological polar surface area (TPSA) is 55.6 Å². The smallest absolute Gasteiger partial charge is 0.331 e. The Labute approximate surface area is 88.9 Å². The summed E-state index contributed by atoms with van der Waals surface area (Å²) in [6.07, 6.45) is 2.77. The molecule has 0 saturated carbocycles. The number of carbonyl (C=O) groups excluding carboxylic acids is 1. The number of nitrogens with zero attached hydrogens (tertiary/aromatic N) is 1. The van der Waals surface area contributed by atoms with Gasteiger partial charge in [0.2, 0.25) is 0 Å². The Morgan fingerprint density at radius 3 is 2.73 bits per heavy atom. The number of hydrazine groups is 1. The Kier molecular flexibility index (Phi) is 4.37. The summed E-state index contributed by atoms with van der Waals surface area (Å²) < 4.78 is 4.44. The average molecular weight is 206 g/mol. The van der Waals surface area contributed by atoms with Crippen molar-refractivity contribution in [2.24, 2.45) is 5.84 Å². The minimum atomic E-state index is -0.418. The fourth-order valence-corrected chi connectivity index (χ4v) is 1.07. The summed E-state index contributed by atoms with van der Waals surface area (Å²) in [5.41, 5.74) is 1.08. The second-order valence-corrected chi connectivity index (χ2v) is 3.00. The molecule has 80 valence electrons. The second-order valence-electron chi connectivity index (χ2n) is 3.00. The van der Waals surface area contributed by atoms with E-state index >= 15 is 0 Å². The highest BCUT2D eigenvalue weighted by Gasteiger charge is 1.96. The maximum Gasteiger partial charge on any atom is 0.331 e. The number of benzene rings is 1. The van der Waals surface area contributed by atoms with Crippen LogP contribution in [0.4, 0.5) is 0 Å². The van der Waals surface area contributed by atoms with E-state index in [9.17, 15) is 4.79 Å². The number of rotatable bonds is 4. The lowest BCUT2D eigenvalue weighted by Gasteiger charge is -2.12. The number of ether oxygens (including phenoxy) is 1. The largest absolute Gasteiger partial charge is 0.466 e. The van der Waals surface area contributed by atoms with Gasteiger partial charge in [0, 0.05) is 12.3 Å². The van der Waals surface area contributed by atoms with Crippen LogP contribution in [-0.4, -0.2) is 18.1 Å². The monoisotopic (exact) mass is 206 g/mol. The average Bonchev–Trinajstić information content (AvgIpc) is 2.27. The van der Waals surface area contributed by atoms with Gasteiger partial charge >= 0.3 is 5.97 Å². The fraction of sp³-hybridized carbons (Fsp3) is 0.182. The molecule has 0 aliphatic heterocycles. The van der Waals surface area contributed by atoms with E-state index in [1.54, 1.807) is 0 Å². The molecule has 1 rings (SSSR count). The van der Waals surface area contributed by atoms with Crippen LogP contribution in [0.15, 0.2) is 42.6 Å². The van der Waals surface area contributed by atoms with Crippen LogP contribution in [-0.2, 0) is 16.1 Å². The third kappa shape index (κ3) is 4.28. The molecule has 0 aliphatic rings. The summed E-state index contributed by atoms with van der Waals surface area (Å²) in [7, 11) is 1.32. The predicted molar refractivity (Wildman–Crippen MR) is 57.3 cm³/mol. The van der Waals surface area contributed by atoms with Crippen LogP contribution in [0.5, 0.6) is 0 Å². The van der Waals surface area contributed by atoms with E-state index in [2.05, 4.69) is 4.74 Å². The predicted octanol–water partition coefficient (Wildman–Crippen LogP) is 1.05. The van der Waals surface area contributed by atoms with Crippen LogP contribution < -0.4 is 5.84 Å². The van der Waals surface area contributed by atoms with Crippen LogP contribution in [0.1, 0.15) is 5.56 Å². The van der Waals surface area contributed by atoms with Crippen LogP contribution in [0.2, 0.25) is 0 Å². The van der Waals surface area contributed by atoms with E-state index in [0.717, 1.165) is 5.56 Å². The van der Waals surface area contributed by atoms with E-state index in [1.807, 2.05) is 30.3 Å². The summed E-state index contributed by atoms with van der Waals surface area (Å²) in [5.74, 6) is 5.23. The van der Waals surface area contributed by atoms with Crippen molar-refractivity contribution in [1.29, 1.82) is 0 Å². The molecule has 0 fully saturated rings. The molecule has 2 N–H and O–H groups in total. The number of esters is 1. The van der Waals surface area contributed by atoms with E-state index in [4.69, 9.17) is 5.84 Å². The normalized spacial score (nSPS) is 10.3. The third-order valence-electron chi connectivity index (χ3n) is 1.81. The second kappa shape index (κ2) is 5.82. The molecule has 0 aliphatic carbocycles. The molecular weight excluding hydrogens is 192 g/mol. The van der Waals surface area contributed by atoms with Crippen LogP contribution in [0, 0.1) is 0 Å². The van der Waals surface area contributed by atoms with Gasteiger partial charge in [-0.25, -0.2) is 10.6 Å². The number of hydrogen-bond donors (Lipinski definition) is 1. The first-order valence-corrected chi connectivity index (χ1v) is 4.54. The molecule has 4 heteroatoms. The Morgan fingerprint density at radius 2 is 2.13 bits per heavy atom. The minimum Gasteiger partial charge on any atom is -0.466 e. The lowest BCUT2D eigenvalue weighted by atomic mass is 10.2. The first-order chi connectivity index (χ1) is 7.22. The number of hydrogen-bond acceptors (Lipinski definition) is 4. The molecule has 0 heterocycles. The van der Waals surface area contributed by atoms with Crippen molar-refractivity contribution < 1.29 is 9.53 Å². The Balaban J connectivity index is 2.46. The SMILES string of the molecule is COC(=O)/C=C/N(N)Cc1ccccc1. The van der Waals surface area contributed by atoms with Crippen molar-refractivity contribution in [2.75, 3.05) is 7.11 Å². The molecule has 1 aromatic carbocycles. The van der Waals surface area contributed by atoms with E-state index in [1.165, 1.54) is 24.4 Å². The fourth-order valence-electron chi connectivity index (χ4n) is 1.07. The number of nitrogens with two attached hydrogens (primary N) is 1. The molecular formula is C11H14N2O2. The van der Waals surface area contributed by atoms with E-state index in [-0.39, 0.29) is 0 Å². The van der Waals surface area contributed by atoms with Gasteiger partial charge in [-0.2, -0.15) is 0 Å². The molecule has 0 atom stereocenters. The third-order valence-corrected chi connectivity index (χ3v) is 1.81. The van der Waals surface area contributed by atoms with Crippen molar-refractivity contribution in [2.45, 2.75) is 6.54 Å².